The van der Waals surface area contributed by atoms with Crippen LogP contribution in [-0.2, 0) is 11.2 Å². The van der Waals surface area contributed by atoms with E-state index in [1.807, 2.05) is 49.3 Å². The first-order chi connectivity index (χ1) is 15.3. The number of halogens is 1. The van der Waals surface area contributed by atoms with E-state index in [1.54, 1.807) is 12.1 Å². The Morgan fingerprint density at radius 2 is 2.06 bits per heavy atom. The van der Waals surface area contributed by atoms with Crippen molar-refractivity contribution in [3.63, 3.8) is 0 Å². The van der Waals surface area contributed by atoms with Gasteiger partial charge in [-0.05, 0) is 50.3 Å². The Kier molecular flexibility index (Phi) is 6.53. The Bertz CT molecular complexity index is 1010. The lowest BCUT2D eigenvalue weighted by Crippen LogP contribution is -2.61. The maximum atomic E-state index is 13.2. The molecule has 8 nitrogen and oxygen atoms in total. The van der Waals surface area contributed by atoms with E-state index >= 15 is 0 Å². The van der Waals surface area contributed by atoms with Crippen molar-refractivity contribution < 1.29 is 9.72 Å². The molecule has 4 rings (SSSR count). The minimum Gasteiger partial charge on any atom is -0.368 e. The van der Waals surface area contributed by atoms with E-state index in [1.165, 1.54) is 0 Å². The first-order valence-corrected chi connectivity index (χ1v) is 11.2. The van der Waals surface area contributed by atoms with Crippen LogP contribution in [0.15, 0.2) is 42.5 Å². The van der Waals surface area contributed by atoms with Crippen molar-refractivity contribution in [2.75, 3.05) is 56.6 Å². The number of nitro groups is 1. The van der Waals surface area contributed by atoms with Crippen molar-refractivity contribution in [1.82, 2.24) is 10.2 Å². The van der Waals surface area contributed by atoms with Crippen molar-refractivity contribution in [2.24, 2.45) is 5.92 Å². The number of nitrogens with zero attached hydrogens (tertiary/aromatic N) is 4. The molecule has 32 heavy (non-hydrogen) atoms. The summed E-state index contributed by atoms with van der Waals surface area (Å²) in [7, 11) is 3.93. The van der Waals surface area contributed by atoms with Gasteiger partial charge in [-0.25, -0.2) is 0 Å². The van der Waals surface area contributed by atoms with Crippen LogP contribution in [0.4, 0.5) is 17.1 Å². The van der Waals surface area contributed by atoms with Gasteiger partial charge in [0.25, 0.3) is 5.69 Å². The maximum Gasteiger partial charge on any atom is 0.269 e. The molecule has 1 saturated heterocycles. The molecular formula is C23H28ClN5O3. The molecule has 2 aromatic carbocycles. The summed E-state index contributed by atoms with van der Waals surface area (Å²) in [5.74, 6) is -0.305. The molecule has 0 aromatic heterocycles. The molecule has 2 aromatic rings. The Hall–Kier alpha value is -2.84. The van der Waals surface area contributed by atoms with Crippen LogP contribution in [0.1, 0.15) is 5.56 Å². The van der Waals surface area contributed by atoms with Crippen molar-refractivity contribution >= 4 is 34.6 Å². The third-order valence-corrected chi connectivity index (χ3v) is 6.51. The summed E-state index contributed by atoms with van der Waals surface area (Å²) in [5.41, 5.74) is 2.95. The third-order valence-electron chi connectivity index (χ3n) is 6.27. The summed E-state index contributed by atoms with van der Waals surface area (Å²) in [4.78, 5) is 30.7. The predicted molar refractivity (Wildman–Crippen MR) is 127 cm³/mol. The van der Waals surface area contributed by atoms with Gasteiger partial charge in [0.2, 0.25) is 5.91 Å². The minimum atomic E-state index is -0.379. The molecule has 0 radical (unpaired) electrons. The van der Waals surface area contributed by atoms with Crippen molar-refractivity contribution in [1.29, 1.82) is 0 Å². The number of likely N-dealkylation sites (N-methyl/N-ethyl adjacent to an activating group) is 1. The molecule has 0 aliphatic carbocycles. The SMILES string of the molecule is CN(C)CCNC(=O)[C@@H]1Cc2cc([N+](=O)[O-])ccc2N2CCN(c3cccc(Cl)c3)C[C@H]12. The molecule has 1 amide bonds. The van der Waals surface area contributed by atoms with Crippen molar-refractivity contribution in [3.8, 4) is 0 Å². The van der Waals surface area contributed by atoms with Gasteiger partial charge in [0, 0.05) is 61.3 Å². The third kappa shape index (κ3) is 4.66. The van der Waals surface area contributed by atoms with Crippen LogP contribution < -0.4 is 15.1 Å². The predicted octanol–water partition coefficient (Wildman–Crippen LogP) is 2.79. The van der Waals surface area contributed by atoms with Gasteiger partial charge in [-0.3, -0.25) is 14.9 Å². The Morgan fingerprint density at radius 1 is 1.25 bits per heavy atom. The average molecular weight is 458 g/mol. The number of non-ortho nitro benzene ring substituents is 1. The highest BCUT2D eigenvalue weighted by molar-refractivity contribution is 6.30. The zero-order valence-electron chi connectivity index (χ0n) is 18.3. The molecule has 0 bridgehead atoms. The van der Waals surface area contributed by atoms with Gasteiger partial charge in [-0.15, -0.1) is 0 Å². The van der Waals surface area contributed by atoms with Crippen LogP contribution >= 0.6 is 11.6 Å². The zero-order valence-corrected chi connectivity index (χ0v) is 19.1. The summed E-state index contributed by atoms with van der Waals surface area (Å²) >= 11 is 6.21. The summed E-state index contributed by atoms with van der Waals surface area (Å²) < 4.78 is 0. The Morgan fingerprint density at radius 3 is 2.78 bits per heavy atom. The van der Waals surface area contributed by atoms with E-state index in [4.69, 9.17) is 11.6 Å². The number of hydrogen-bond acceptors (Lipinski definition) is 6. The number of hydrogen-bond donors (Lipinski definition) is 1. The molecule has 0 unspecified atom stereocenters. The second kappa shape index (κ2) is 9.34. The van der Waals surface area contributed by atoms with Crippen LogP contribution in [0.3, 0.4) is 0 Å². The summed E-state index contributed by atoms with van der Waals surface area (Å²) in [6.07, 6.45) is 0.482. The smallest absolute Gasteiger partial charge is 0.269 e. The van der Waals surface area contributed by atoms with E-state index in [9.17, 15) is 14.9 Å². The molecule has 9 heteroatoms. The molecule has 2 atom stereocenters. The molecule has 2 aliphatic rings. The Balaban J connectivity index is 1.63. The van der Waals surface area contributed by atoms with Crippen LogP contribution in [-0.4, -0.2) is 68.6 Å². The monoisotopic (exact) mass is 457 g/mol. The van der Waals surface area contributed by atoms with Crippen LogP contribution in [0.2, 0.25) is 5.02 Å². The molecule has 0 saturated carbocycles. The molecule has 1 N–H and O–H groups in total. The fourth-order valence-electron chi connectivity index (χ4n) is 4.66. The maximum absolute atomic E-state index is 13.2. The lowest BCUT2D eigenvalue weighted by Gasteiger charge is -2.49. The fraction of sp³-hybridized carbons (Fsp3) is 0.435. The largest absolute Gasteiger partial charge is 0.368 e. The summed E-state index contributed by atoms with van der Waals surface area (Å²) in [6, 6.07) is 12.7. The van der Waals surface area contributed by atoms with Gasteiger partial charge in [-0.1, -0.05) is 17.7 Å². The molecule has 170 valence electrons. The fourth-order valence-corrected chi connectivity index (χ4v) is 4.85. The van der Waals surface area contributed by atoms with E-state index in [-0.39, 0.29) is 28.5 Å². The molecule has 2 aliphatic heterocycles. The van der Waals surface area contributed by atoms with Crippen molar-refractivity contribution in [2.45, 2.75) is 12.5 Å². The second-order valence-corrected chi connectivity index (χ2v) is 9.10. The number of amides is 1. The summed E-state index contributed by atoms with van der Waals surface area (Å²) in [5, 5.41) is 15.1. The minimum absolute atomic E-state index is 0.00745. The number of rotatable bonds is 6. The lowest BCUT2D eigenvalue weighted by molar-refractivity contribution is -0.384. The zero-order chi connectivity index (χ0) is 22.8. The number of benzene rings is 2. The Labute approximate surface area is 192 Å². The first kappa shape index (κ1) is 22.4. The van der Waals surface area contributed by atoms with E-state index in [0.717, 1.165) is 36.6 Å². The number of nitro benzene ring substituents is 1. The number of piperazine rings is 1. The van der Waals surface area contributed by atoms with Gasteiger partial charge < -0.3 is 20.0 Å². The topological polar surface area (TPSA) is 82.0 Å². The highest BCUT2D eigenvalue weighted by Gasteiger charge is 2.42. The highest BCUT2D eigenvalue weighted by atomic mass is 35.5. The van der Waals surface area contributed by atoms with Crippen molar-refractivity contribution in [3.05, 3.63) is 63.2 Å². The van der Waals surface area contributed by atoms with Crippen LogP contribution in [0.25, 0.3) is 0 Å². The van der Waals surface area contributed by atoms with Gasteiger partial charge in [0.05, 0.1) is 16.9 Å². The number of carbonyl (C=O) groups excluding carboxylic acids is 1. The standard InChI is InChI=1S/C23H28ClN5O3/c1-26(2)9-8-25-23(30)20-13-16-12-19(29(31)32)6-7-21(16)28-11-10-27(15-22(20)28)18-5-3-4-17(24)14-18/h3-7,12,14,20,22H,8-11,13,15H2,1-2H3,(H,25,30)/t20-,22-/m1/s1. The lowest BCUT2D eigenvalue weighted by atomic mass is 9.83. The van der Waals surface area contributed by atoms with E-state index in [2.05, 4.69) is 15.1 Å². The molecule has 2 heterocycles. The summed E-state index contributed by atoms with van der Waals surface area (Å²) in [6.45, 7) is 3.51. The molecule has 0 spiro atoms. The average Bonchev–Trinajstić information content (AvgIpc) is 2.77. The number of nitrogens with one attached hydrogen (secondary N) is 1. The van der Waals surface area contributed by atoms with E-state index < -0.39 is 0 Å². The number of anilines is 2. The molecular weight excluding hydrogens is 430 g/mol. The van der Waals surface area contributed by atoms with Crippen LogP contribution in [0.5, 0.6) is 0 Å². The first-order valence-electron chi connectivity index (χ1n) is 10.8. The molecule has 1 fully saturated rings. The number of carbonyl (C=O) groups is 1. The second-order valence-electron chi connectivity index (χ2n) is 8.66. The van der Waals surface area contributed by atoms with Gasteiger partial charge >= 0.3 is 0 Å². The number of fused-ring (bicyclic) bond motifs is 3. The van der Waals surface area contributed by atoms with Gasteiger partial charge in [0.15, 0.2) is 0 Å². The quantitative estimate of drug-likeness (QED) is 0.530. The normalized spacial score (nSPS) is 20.0. The van der Waals surface area contributed by atoms with Gasteiger partial charge in [0.1, 0.15) is 0 Å². The highest BCUT2D eigenvalue weighted by Crippen LogP contribution is 2.38. The van der Waals surface area contributed by atoms with Crippen LogP contribution in [0, 0.1) is 16.0 Å². The van der Waals surface area contributed by atoms with E-state index in [0.29, 0.717) is 24.5 Å². The van der Waals surface area contributed by atoms with Gasteiger partial charge in [-0.2, -0.15) is 0 Å².